The van der Waals surface area contributed by atoms with Gasteiger partial charge in [0.2, 0.25) is 5.91 Å². The molecule has 0 aliphatic heterocycles. The number of likely N-dealkylation sites (N-methyl/N-ethyl adjacent to an activating group) is 2. The molecule has 0 radical (unpaired) electrons. The van der Waals surface area contributed by atoms with Crippen molar-refractivity contribution in [2.24, 2.45) is 0 Å². The second kappa shape index (κ2) is 7.10. The Bertz CT molecular complexity index is 437. The van der Waals surface area contributed by atoms with Gasteiger partial charge in [0.05, 0.1) is 6.54 Å². The van der Waals surface area contributed by atoms with Crippen LogP contribution in [0.15, 0.2) is 22.9 Å². The Balaban J connectivity index is 2.76. The first kappa shape index (κ1) is 14.6. The van der Waals surface area contributed by atoms with Crippen LogP contribution in [0.5, 0.6) is 0 Å². The van der Waals surface area contributed by atoms with E-state index >= 15 is 0 Å². The Morgan fingerprint density at radius 3 is 2.72 bits per heavy atom. The fraction of sp³-hybridized carbons (Fsp3) is 0.417. The number of aromatic nitrogens is 1. The van der Waals surface area contributed by atoms with Gasteiger partial charge < -0.3 is 10.2 Å². The maximum atomic E-state index is 12.2. The van der Waals surface area contributed by atoms with Gasteiger partial charge in [0.1, 0.15) is 4.60 Å². The number of nitrogens with one attached hydrogen (secondary N) is 1. The molecule has 0 aromatic carbocycles. The summed E-state index contributed by atoms with van der Waals surface area (Å²) in [5.41, 5.74) is 0.517. The van der Waals surface area contributed by atoms with Crippen LogP contribution in [0.4, 0.5) is 0 Å². The van der Waals surface area contributed by atoms with Crippen LogP contribution in [0.2, 0.25) is 0 Å². The van der Waals surface area contributed by atoms with Crippen molar-refractivity contribution in [3.63, 3.8) is 0 Å². The lowest BCUT2D eigenvalue weighted by Gasteiger charge is -2.20. The molecule has 1 aromatic rings. The minimum atomic E-state index is -0.174. The van der Waals surface area contributed by atoms with Crippen LogP contribution in [-0.4, -0.2) is 41.3 Å². The molecular formula is C12H16BrN3O2. The lowest BCUT2D eigenvalue weighted by Crippen LogP contribution is -2.40. The molecule has 1 rings (SSSR count). The van der Waals surface area contributed by atoms with E-state index < -0.39 is 0 Å². The summed E-state index contributed by atoms with van der Waals surface area (Å²) in [4.78, 5) is 29.1. The van der Waals surface area contributed by atoms with Crippen molar-refractivity contribution in [2.75, 3.05) is 19.6 Å². The molecule has 0 saturated heterocycles. The Morgan fingerprint density at radius 1 is 1.44 bits per heavy atom. The van der Waals surface area contributed by atoms with E-state index in [9.17, 15) is 9.59 Å². The molecule has 1 N–H and O–H groups in total. The van der Waals surface area contributed by atoms with Crippen molar-refractivity contribution in [2.45, 2.75) is 13.8 Å². The zero-order valence-electron chi connectivity index (χ0n) is 10.4. The minimum Gasteiger partial charge on any atom is -0.355 e. The van der Waals surface area contributed by atoms with Gasteiger partial charge in [0.15, 0.2) is 0 Å². The van der Waals surface area contributed by atoms with Crippen LogP contribution in [0.25, 0.3) is 0 Å². The van der Waals surface area contributed by atoms with Gasteiger partial charge in [-0.15, -0.1) is 0 Å². The van der Waals surface area contributed by atoms with Gasteiger partial charge in [-0.1, -0.05) is 0 Å². The Morgan fingerprint density at radius 2 is 2.17 bits per heavy atom. The fourth-order valence-electron chi connectivity index (χ4n) is 1.47. The molecule has 0 atom stereocenters. The third-order valence-corrected chi connectivity index (χ3v) is 2.78. The third kappa shape index (κ3) is 4.10. The van der Waals surface area contributed by atoms with Gasteiger partial charge in [0, 0.05) is 24.8 Å². The first-order valence-electron chi connectivity index (χ1n) is 5.76. The minimum absolute atomic E-state index is 0.0725. The van der Waals surface area contributed by atoms with Gasteiger partial charge >= 0.3 is 0 Å². The predicted octanol–water partition coefficient (Wildman–Crippen LogP) is 1.44. The van der Waals surface area contributed by atoms with E-state index in [-0.39, 0.29) is 18.4 Å². The molecule has 18 heavy (non-hydrogen) atoms. The normalized spacial score (nSPS) is 9.94. The highest BCUT2D eigenvalue weighted by molar-refractivity contribution is 9.10. The number of hydrogen-bond donors (Lipinski definition) is 1. The molecule has 6 heteroatoms. The summed E-state index contributed by atoms with van der Waals surface area (Å²) in [5, 5.41) is 2.67. The number of amides is 2. The molecule has 0 aliphatic carbocycles. The topological polar surface area (TPSA) is 62.3 Å². The van der Waals surface area contributed by atoms with Gasteiger partial charge in [-0.25, -0.2) is 4.98 Å². The number of rotatable bonds is 5. The fourth-order valence-corrected chi connectivity index (χ4v) is 1.84. The number of nitrogens with zero attached hydrogens (tertiary/aromatic N) is 2. The second-order valence-electron chi connectivity index (χ2n) is 3.64. The smallest absolute Gasteiger partial charge is 0.254 e. The Hall–Kier alpha value is -1.43. The first-order chi connectivity index (χ1) is 8.58. The summed E-state index contributed by atoms with van der Waals surface area (Å²) < 4.78 is 0.599. The summed E-state index contributed by atoms with van der Waals surface area (Å²) in [7, 11) is 0. The first-order valence-corrected chi connectivity index (χ1v) is 6.55. The van der Waals surface area contributed by atoms with Crippen molar-refractivity contribution < 1.29 is 9.59 Å². The van der Waals surface area contributed by atoms with Crippen molar-refractivity contribution in [3.8, 4) is 0 Å². The highest BCUT2D eigenvalue weighted by Crippen LogP contribution is 2.10. The highest BCUT2D eigenvalue weighted by Gasteiger charge is 2.17. The van der Waals surface area contributed by atoms with Crippen LogP contribution in [0.1, 0.15) is 24.2 Å². The SMILES string of the molecule is CCNC(=O)CN(CC)C(=O)c1ccnc(Br)c1. The quantitative estimate of drug-likeness (QED) is 0.837. The largest absolute Gasteiger partial charge is 0.355 e. The second-order valence-corrected chi connectivity index (χ2v) is 4.45. The zero-order valence-corrected chi connectivity index (χ0v) is 12.0. The standard InChI is InChI=1S/C12H16BrN3O2/c1-3-14-11(17)8-16(4-2)12(18)9-5-6-15-10(13)7-9/h5-7H,3-4,8H2,1-2H3,(H,14,17). The molecular weight excluding hydrogens is 298 g/mol. The van der Waals surface area contributed by atoms with Crippen LogP contribution in [0, 0.1) is 0 Å². The van der Waals surface area contributed by atoms with Crippen molar-refractivity contribution >= 4 is 27.7 Å². The molecule has 0 saturated carbocycles. The molecule has 0 aliphatic rings. The van der Waals surface area contributed by atoms with Crippen molar-refractivity contribution in [1.29, 1.82) is 0 Å². The zero-order chi connectivity index (χ0) is 13.5. The van der Waals surface area contributed by atoms with E-state index in [1.807, 2.05) is 13.8 Å². The molecule has 0 unspecified atom stereocenters. The van der Waals surface area contributed by atoms with E-state index in [4.69, 9.17) is 0 Å². The predicted molar refractivity (Wildman–Crippen MR) is 72.2 cm³/mol. The van der Waals surface area contributed by atoms with Crippen LogP contribution in [0.3, 0.4) is 0 Å². The molecule has 0 fully saturated rings. The monoisotopic (exact) mass is 313 g/mol. The molecule has 0 bridgehead atoms. The van der Waals surface area contributed by atoms with Gasteiger partial charge in [0.25, 0.3) is 5.91 Å². The molecule has 1 heterocycles. The Labute approximate surface area is 115 Å². The average Bonchev–Trinajstić information content (AvgIpc) is 2.35. The highest BCUT2D eigenvalue weighted by atomic mass is 79.9. The number of hydrogen-bond acceptors (Lipinski definition) is 3. The van der Waals surface area contributed by atoms with Crippen LogP contribution < -0.4 is 5.32 Å². The lowest BCUT2D eigenvalue weighted by atomic mass is 10.2. The van der Waals surface area contributed by atoms with Crippen LogP contribution >= 0.6 is 15.9 Å². The summed E-state index contributed by atoms with van der Waals surface area (Å²) in [6.45, 7) is 4.80. The van der Waals surface area contributed by atoms with Crippen molar-refractivity contribution in [1.82, 2.24) is 15.2 Å². The number of carbonyl (C=O) groups is 2. The van der Waals surface area contributed by atoms with Crippen molar-refractivity contribution in [3.05, 3.63) is 28.5 Å². The maximum Gasteiger partial charge on any atom is 0.254 e. The number of pyridine rings is 1. The molecule has 1 aromatic heterocycles. The number of carbonyl (C=O) groups excluding carboxylic acids is 2. The summed E-state index contributed by atoms with van der Waals surface area (Å²) >= 11 is 3.22. The van der Waals surface area contributed by atoms with E-state index in [2.05, 4.69) is 26.2 Å². The maximum absolute atomic E-state index is 12.2. The molecule has 98 valence electrons. The molecule has 5 nitrogen and oxygen atoms in total. The summed E-state index contributed by atoms with van der Waals surface area (Å²) in [6.07, 6.45) is 1.55. The van der Waals surface area contributed by atoms with Gasteiger partial charge in [-0.3, -0.25) is 9.59 Å². The lowest BCUT2D eigenvalue weighted by molar-refractivity contribution is -0.121. The average molecular weight is 314 g/mol. The number of halogens is 1. The van der Waals surface area contributed by atoms with E-state index in [1.165, 1.54) is 4.90 Å². The van der Waals surface area contributed by atoms with Crippen LogP contribution in [-0.2, 0) is 4.79 Å². The summed E-state index contributed by atoms with van der Waals surface area (Å²) in [5.74, 6) is -0.326. The van der Waals surface area contributed by atoms with Gasteiger partial charge in [-0.05, 0) is 41.9 Å². The van der Waals surface area contributed by atoms with E-state index in [0.717, 1.165) is 0 Å². The third-order valence-electron chi connectivity index (χ3n) is 2.35. The van der Waals surface area contributed by atoms with E-state index in [1.54, 1.807) is 18.3 Å². The van der Waals surface area contributed by atoms with Gasteiger partial charge in [-0.2, -0.15) is 0 Å². The molecule has 2 amide bonds. The Kier molecular flexibility index (Phi) is 5.77. The summed E-state index contributed by atoms with van der Waals surface area (Å²) in [6, 6.07) is 3.27. The molecule has 0 spiro atoms. The van der Waals surface area contributed by atoms with E-state index in [0.29, 0.717) is 23.3 Å².